The fraction of sp³-hybridized carbons (Fsp3) is 0.692. The molecule has 1 aromatic heterocycles. The van der Waals surface area contributed by atoms with E-state index in [4.69, 9.17) is 0 Å². The van der Waals surface area contributed by atoms with Crippen LogP contribution >= 0.6 is 0 Å². The molecule has 0 radical (unpaired) electrons. The van der Waals surface area contributed by atoms with Crippen LogP contribution in [0.5, 0.6) is 0 Å². The third-order valence-electron chi connectivity index (χ3n) is 3.56. The van der Waals surface area contributed by atoms with Crippen molar-refractivity contribution in [1.29, 1.82) is 0 Å². The van der Waals surface area contributed by atoms with Crippen LogP contribution in [-0.2, 0) is 6.18 Å². The van der Waals surface area contributed by atoms with Gasteiger partial charge in [0.1, 0.15) is 5.82 Å². The molecule has 118 valence electrons. The molecule has 1 N–H and O–H groups in total. The smallest absolute Gasteiger partial charge is 0.355 e. The average Bonchev–Trinajstić information content (AvgIpc) is 2.87. The van der Waals surface area contributed by atoms with Gasteiger partial charge < -0.3 is 15.1 Å². The first-order valence-corrected chi connectivity index (χ1v) is 6.92. The van der Waals surface area contributed by atoms with Crippen LogP contribution < -0.4 is 10.2 Å². The summed E-state index contributed by atoms with van der Waals surface area (Å²) in [5.74, 6) is 0.355. The summed E-state index contributed by atoms with van der Waals surface area (Å²) in [6, 6.07) is 1.36. The summed E-state index contributed by atoms with van der Waals surface area (Å²) in [5.41, 5.74) is -0.906. The Labute approximate surface area is 122 Å². The topological polar surface area (TPSA) is 44.3 Å². The molecule has 1 aromatic rings. The molecule has 1 unspecified atom stereocenters. The van der Waals surface area contributed by atoms with Gasteiger partial charge in [-0.25, -0.2) is 4.98 Å². The van der Waals surface area contributed by atoms with Crippen LogP contribution in [0.25, 0.3) is 0 Å². The van der Waals surface area contributed by atoms with Crippen LogP contribution in [0, 0.1) is 0 Å². The van der Waals surface area contributed by atoms with E-state index in [0.29, 0.717) is 31.5 Å². The Kier molecular flexibility index (Phi) is 4.55. The van der Waals surface area contributed by atoms with Gasteiger partial charge in [0, 0.05) is 31.7 Å². The highest BCUT2D eigenvalue weighted by Crippen LogP contribution is 2.31. The maximum absolute atomic E-state index is 12.9. The second-order valence-corrected chi connectivity index (χ2v) is 5.32. The number of rotatable bonds is 4. The fourth-order valence-electron chi connectivity index (χ4n) is 2.35. The first kappa shape index (κ1) is 15.8. The van der Waals surface area contributed by atoms with Crippen molar-refractivity contribution >= 4 is 11.8 Å². The van der Waals surface area contributed by atoms with Crippen molar-refractivity contribution in [2.45, 2.75) is 25.6 Å². The molecule has 2 rings (SSSR count). The van der Waals surface area contributed by atoms with Gasteiger partial charge in [-0.15, -0.1) is 0 Å². The van der Waals surface area contributed by atoms with Crippen molar-refractivity contribution in [1.82, 2.24) is 14.9 Å². The van der Waals surface area contributed by atoms with E-state index in [2.05, 4.69) is 20.2 Å². The van der Waals surface area contributed by atoms with E-state index in [1.807, 2.05) is 19.0 Å². The molecule has 0 saturated carbocycles. The molecule has 1 fully saturated rings. The number of alkyl halides is 3. The number of nitrogens with one attached hydrogen (secondary N) is 1. The highest BCUT2D eigenvalue weighted by atomic mass is 19.4. The number of hydrogen-bond acceptors (Lipinski definition) is 5. The van der Waals surface area contributed by atoms with E-state index < -0.39 is 11.9 Å². The number of aromatic nitrogens is 2. The van der Waals surface area contributed by atoms with Crippen LogP contribution in [0.3, 0.4) is 0 Å². The molecule has 21 heavy (non-hydrogen) atoms. The molecule has 0 spiro atoms. The van der Waals surface area contributed by atoms with E-state index in [9.17, 15) is 13.2 Å². The highest BCUT2D eigenvalue weighted by molar-refractivity contribution is 5.46. The van der Waals surface area contributed by atoms with Gasteiger partial charge in [-0.1, -0.05) is 0 Å². The van der Waals surface area contributed by atoms with Gasteiger partial charge in [0.15, 0.2) is 5.69 Å². The summed E-state index contributed by atoms with van der Waals surface area (Å²) in [6.45, 7) is 3.64. The first-order valence-electron chi connectivity index (χ1n) is 6.92. The number of likely N-dealkylation sites (N-methyl/N-ethyl adjacent to an activating group) is 1. The number of hydrogen-bond donors (Lipinski definition) is 1. The van der Waals surface area contributed by atoms with Crippen molar-refractivity contribution < 1.29 is 13.2 Å². The minimum atomic E-state index is -4.47. The molecular weight excluding hydrogens is 283 g/mol. The predicted octanol–water partition coefficient (Wildman–Crippen LogP) is 2.07. The summed E-state index contributed by atoms with van der Waals surface area (Å²) in [6.07, 6.45) is -3.56. The molecule has 0 aromatic carbocycles. The summed E-state index contributed by atoms with van der Waals surface area (Å²) in [5, 5.41) is 2.76. The Morgan fingerprint density at radius 1 is 1.38 bits per heavy atom. The monoisotopic (exact) mass is 303 g/mol. The Morgan fingerprint density at radius 3 is 2.62 bits per heavy atom. The minimum Gasteiger partial charge on any atom is -0.355 e. The zero-order valence-corrected chi connectivity index (χ0v) is 12.4. The van der Waals surface area contributed by atoms with Crippen molar-refractivity contribution in [2.24, 2.45) is 0 Å². The molecule has 1 saturated heterocycles. The normalized spacial score (nSPS) is 19.4. The molecule has 1 aliphatic rings. The Bertz CT molecular complexity index is 489. The van der Waals surface area contributed by atoms with Crippen molar-refractivity contribution in [3.8, 4) is 0 Å². The Morgan fingerprint density at radius 2 is 2.10 bits per heavy atom. The average molecular weight is 303 g/mol. The molecule has 1 aliphatic heterocycles. The summed E-state index contributed by atoms with van der Waals surface area (Å²) in [4.78, 5) is 11.7. The number of nitrogens with zero attached hydrogens (tertiary/aromatic N) is 4. The van der Waals surface area contributed by atoms with E-state index >= 15 is 0 Å². The summed E-state index contributed by atoms with van der Waals surface area (Å²) >= 11 is 0. The van der Waals surface area contributed by atoms with Crippen LogP contribution in [0.4, 0.5) is 24.9 Å². The van der Waals surface area contributed by atoms with Gasteiger partial charge in [-0.3, -0.25) is 0 Å². The molecule has 2 heterocycles. The molecule has 0 amide bonds. The van der Waals surface area contributed by atoms with Gasteiger partial charge in [-0.2, -0.15) is 18.2 Å². The Balaban J connectivity index is 2.28. The number of anilines is 2. The zero-order valence-electron chi connectivity index (χ0n) is 12.4. The van der Waals surface area contributed by atoms with Crippen LogP contribution in [0.15, 0.2) is 6.07 Å². The lowest BCUT2D eigenvalue weighted by atomic mass is 10.2. The van der Waals surface area contributed by atoms with Gasteiger partial charge in [-0.05, 0) is 27.4 Å². The quantitative estimate of drug-likeness (QED) is 0.922. The maximum Gasteiger partial charge on any atom is 0.433 e. The molecular formula is C13H20F3N5. The second-order valence-electron chi connectivity index (χ2n) is 5.32. The van der Waals surface area contributed by atoms with Crippen molar-refractivity contribution in [2.75, 3.05) is 43.9 Å². The van der Waals surface area contributed by atoms with E-state index in [0.717, 1.165) is 12.5 Å². The van der Waals surface area contributed by atoms with Gasteiger partial charge in [0.05, 0.1) is 0 Å². The maximum atomic E-state index is 12.9. The van der Waals surface area contributed by atoms with Crippen LogP contribution in [0.2, 0.25) is 0 Å². The van der Waals surface area contributed by atoms with Gasteiger partial charge >= 0.3 is 6.18 Å². The SMILES string of the molecule is CCNc1nc(N2CCC(N(C)C)C2)cc(C(F)(F)F)n1. The van der Waals surface area contributed by atoms with Crippen LogP contribution in [0.1, 0.15) is 19.0 Å². The molecule has 0 bridgehead atoms. The second kappa shape index (κ2) is 6.05. The van der Waals surface area contributed by atoms with E-state index in [-0.39, 0.29) is 5.95 Å². The summed E-state index contributed by atoms with van der Waals surface area (Å²) in [7, 11) is 3.94. The third-order valence-corrected chi connectivity index (χ3v) is 3.56. The third kappa shape index (κ3) is 3.75. The minimum absolute atomic E-state index is 0.0237. The molecule has 1 atom stereocenters. The lowest BCUT2D eigenvalue weighted by Gasteiger charge is -2.22. The first-order chi connectivity index (χ1) is 9.81. The lowest BCUT2D eigenvalue weighted by Crippen LogP contribution is -2.32. The van der Waals surface area contributed by atoms with Gasteiger partial charge in [0.2, 0.25) is 5.95 Å². The zero-order chi connectivity index (χ0) is 15.6. The van der Waals surface area contributed by atoms with Crippen LogP contribution in [-0.4, -0.2) is 54.6 Å². The molecule has 0 aliphatic carbocycles. The van der Waals surface area contributed by atoms with E-state index in [1.165, 1.54) is 0 Å². The number of halogens is 3. The fourth-order valence-corrected chi connectivity index (χ4v) is 2.35. The molecule has 8 heteroatoms. The lowest BCUT2D eigenvalue weighted by molar-refractivity contribution is -0.141. The van der Waals surface area contributed by atoms with Crippen molar-refractivity contribution in [3.63, 3.8) is 0 Å². The van der Waals surface area contributed by atoms with Gasteiger partial charge in [0.25, 0.3) is 0 Å². The largest absolute Gasteiger partial charge is 0.433 e. The van der Waals surface area contributed by atoms with Crippen molar-refractivity contribution in [3.05, 3.63) is 11.8 Å². The highest BCUT2D eigenvalue weighted by Gasteiger charge is 2.35. The molecule has 5 nitrogen and oxygen atoms in total. The predicted molar refractivity (Wildman–Crippen MR) is 75.5 cm³/mol. The summed E-state index contributed by atoms with van der Waals surface area (Å²) < 4.78 is 38.8. The Hall–Kier alpha value is -1.57. The standard InChI is InChI=1S/C13H20F3N5/c1-4-17-12-18-10(13(14,15)16)7-11(19-12)21-6-5-9(8-21)20(2)3/h7,9H,4-6,8H2,1-3H3,(H,17,18,19). The van der Waals surface area contributed by atoms with E-state index in [1.54, 1.807) is 6.92 Å².